The van der Waals surface area contributed by atoms with Crippen molar-refractivity contribution in [1.29, 1.82) is 0 Å². The number of aromatic nitrogens is 1. The Labute approximate surface area is 97.5 Å². The van der Waals surface area contributed by atoms with Crippen LogP contribution in [0.25, 0.3) is 10.9 Å². The monoisotopic (exact) mass is 233 g/mol. The van der Waals surface area contributed by atoms with Gasteiger partial charge in [-0.3, -0.25) is 4.79 Å². The van der Waals surface area contributed by atoms with Gasteiger partial charge in [0.25, 0.3) is 0 Å². The van der Waals surface area contributed by atoms with Crippen LogP contribution in [0.2, 0.25) is 0 Å². The van der Waals surface area contributed by atoms with Gasteiger partial charge in [-0.2, -0.15) is 0 Å². The van der Waals surface area contributed by atoms with Crippen molar-refractivity contribution >= 4 is 16.9 Å². The molecule has 1 aromatic carbocycles. The topological polar surface area (TPSA) is 42.2 Å². The lowest BCUT2D eigenvalue weighted by Gasteiger charge is -2.07. The standard InChI is InChI=1S/C13H12FNO2/c14-9-2-1-8-5-11(7-13(16)17)15(10-3-4-10)12(8)6-9/h1-2,5-6,10H,3-4,7H2,(H,16,17). The summed E-state index contributed by atoms with van der Waals surface area (Å²) in [6.45, 7) is 0. The molecule has 0 atom stereocenters. The van der Waals surface area contributed by atoms with Gasteiger partial charge in [0.2, 0.25) is 0 Å². The fraction of sp³-hybridized carbons (Fsp3) is 0.308. The summed E-state index contributed by atoms with van der Waals surface area (Å²) in [4.78, 5) is 10.8. The highest BCUT2D eigenvalue weighted by molar-refractivity contribution is 5.83. The van der Waals surface area contributed by atoms with E-state index >= 15 is 0 Å². The molecule has 1 N–H and O–H groups in total. The quantitative estimate of drug-likeness (QED) is 0.885. The summed E-state index contributed by atoms with van der Waals surface area (Å²) in [5.41, 5.74) is 1.57. The molecule has 1 fully saturated rings. The molecule has 1 heterocycles. The number of hydrogen-bond acceptors (Lipinski definition) is 1. The van der Waals surface area contributed by atoms with Crippen molar-refractivity contribution in [3.8, 4) is 0 Å². The molecule has 1 aliphatic rings. The SMILES string of the molecule is O=C(O)Cc1cc2ccc(F)cc2n1C1CC1. The number of carboxylic acids is 1. The Morgan fingerprint density at radius 2 is 2.18 bits per heavy atom. The zero-order chi connectivity index (χ0) is 12.0. The molecule has 1 aromatic heterocycles. The summed E-state index contributed by atoms with van der Waals surface area (Å²) >= 11 is 0. The number of benzene rings is 1. The maximum atomic E-state index is 13.2. The Morgan fingerprint density at radius 3 is 2.82 bits per heavy atom. The first kappa shape index (κ1) is 10.3. The zero-order valence-electron chi connectivity index (χ0n) is 9.19. The molecule has 0 radical (unpaired) electrons. The first-order chi connectivity index (χ1) is 8.15. The van der Waals surface area contributed by atoms with Crippen LogP contribution < -0.4 is 0 Å². The normalized spacial score (nSPS) is 15.4. The lowest BCUT2D eigenvalue weighted by atomic mass is 10.2. The maximum absolute atomic E-state index is 13.2. The van der Waals surface area contributed by atoms with Gasteiger partial charge >= 0.3 is 5.97 Å². The summed E-state index contributed by atoms with van der Waals surface area (Å²) in [5, 5.41) is 9.80. The second-order valence-corrected chi connectivity index (χ2v) is 4.51. The number of carbonyl (C=O) groups is 1. The predicted octanol–water partition coefficient (Wildman–Crippen LogP) is 2.74. The highest BCUT2D eigenvalue weighted by atomic mass is 19.1. The van der Waals surface area contributed by atoms with E-state index in [1.54, 1.807) is 6.07 Å². The van der Waals surface area contributed by atoms with E-state index in [0.717, 1.165) is 29.4 Å². The van der Waals surface area contributed by atoms with Crippen molar-refractivity contribution < 1.29 is 14.3 Å². The highest BCUT2D eigenvalue weighted by Gasteiger charge is 2.27. The van der Waals surface area contributed by atoms with Crippen molar-refractivity contribution in [3.05, 3.63) is 35.8 Å². The molecule has 0 aliphatic heterocycles. The van der Waals surface area contributed by atoms with Crippen LogP contribution in [-0.2, 0) is 11.2 Å². The molecule has 2 aromatic rings. The molecular formula is C13H12FNO2. The van der Waals surface area contributed by atoms with Gasteiger partial charge < -0.3 is 9.67 Å². The van der Waals surface area contributed by atoms with E-state index in [1.807, 2.05) is 10.6 Å². The Balaban J connectivity index is 2.20. The third-order valence-electron chi connectivity index (χ3n) is 3.13. The van der Waals surface area contributed by atoms with Crippen molar-refractivity contribution in [3.63, 3.8) is 0 Å². The minimum absolute atomic E-state index is 0.00714. The van der Waals surface area contributed by atoms with Gasteiger partial charge in [-0.25, -0.2) is 4.39 Å². The van der Waals surface area contributed by atoms with Crippen molar-refractivity contribution in [1.82, 2.24) is 4.57 Å². The summed E-state index contributed by atoms with van der Waals surface area (Å²) in [5.74, 6) is -1.13. The molecule has 0 spiro atoms. The van der Waals surface area contributed by atoms with Crippen molar-refractivity contribution in [2.75, 3.05) is 0 Å². The fourth-order valence-electron chi connectivity index (χ4n) is 2.31. The molecule has 4 heteroatoms. The fourth-order valence-corrected chi connectivity index (χ4v) is 2.31. The molecule has 1 saturated carbocycles. The number of fused-ring (bicyclic) bond motifs is 1. The molecule has 3 nitrogen and oxygen atoms in total. The first-order valence-corrected chi connectivity index (χ1v) is 5.66. The third-order valence-corrected chi connectivity index (χ3v) is 3.13. The van der Waals surface area contributed by atoms with Crippen LogP contribution in [0, 0.1) is 5.82 Å². The lowest BCUT2D eigenvalue weighted by molar-refractivity contribution is -0.136. The van der Waals surface area contributed by atoms with Crippen LogP contribution in [-0.4, -0.2) is 15.6 Å². The second-order valence-electron chi connectivity index (χ2n) is 4.51. The van der Waals surface area contributed by atoms with E-state index in [0.29, 0.717) is 6.04 Å². The summed E-state index contributed by atoms with van der Waals surface area (Å²) in [6.07, 6.45) is 2.09. The van der Waals surface area contributed by atoms with E-state index in [1.165, 1.54) is 12.1 Å². The van der Waals surface area contributed by atoms with E-state index in [4.69, 9.17) is 5.11 Å². The summed E-state index contributed by atoms with van der Waals surface area (Å²) in [7, 11) is 0. The largest absolute Gasteiger partial charge is 0.481 e. The molecule has 0 unspecified atom stereocenters. The zero-order valence-corrected chi connectivity index (χ0v) is 9.19. The van der Waals surface area contributed by atoms with Gasteiger partial charge in [0.1, 0.15) is 5.82 Å². The Bertz CT molecular complexity index is 599. The summed E-state index contributed by atoms with van der Waals surface area (Å²) in [6, 6.07) is 6.79. The number of rotatable bonds is 3. The average Bonchev–Trinajstić information content (AvgIpc) is 3.01. The van der Waals surface area contributed by atoms with Gasteiger partial charge in [0.05, 0.1) is 11.9 Å². The van der Waals surface area contributed by atoms with E-state index in [2.05, 4.69) is 0 Å². The van der Waals surface area contributed by atoms with Gasteiger partial charge in [0.15, 0.2) is 0 Å². The van der Waals surface area contributed by atoms with Crippen molar-refractivity contribution in [2.45, 2.75) is 25.3 Å². The lowest BCUT2D eigenvalue weighted by Crippen LogP contribution is -2.06. The number of carboxylic acid groups (broad SMARTS) is 1. The Kier molecular flexibility index (Phi) is 2.18. The van der Waals surface area contributed by atoms with Gasteiger partial charge in [-0.15, -0.1) is 0 Å². The van der Waals surface area contributed by atoms with E-state index < -0.39 is 5.97 Å². The van der Waals surface area contributed by atoms with Gasteiger partial charge in [-0.05, 0) is 37.1 Å². The molecule has 1 aliphatic carbocycles. The number of halogens is 1. The molecule has 0 amide bonds. The van der Waals surface area contributed by atoms with Crippen LogP contribution in [0.4, 0.5) is 4.39 Å². The summed E-state index contributed by atoms with van der Waals surface area (Å²) < 4.78 is 15.2. The number of nitrogens with zero attached hydrogens (tertiary/aromatic N) is 1. The minimum atomic E-state index is -0.852. The Morgan fingerprint density at radius 1 is 1.41 bits per heavy atom. The molecule has 17 heavy (non-hydrogen) atoms. The van der Waals surface area contributed by atoms with Crippen LogP contribution in [0.15, 0.2) is 24.3 Å². The highest BCUT2D eigenvalue weighted by Crippen LogP contribution is 2.39. The van der Waals surface area contributed by atoms with E-state index in [9.17, 15) is 9.18 Å². The van der Waals surface area contributed by atoms with Gasteiger partial charge in [0, 0.05) is 17.1 Å². The van der Waals surface area contributed by atoms with Crippen LogP contribution in [0.5, 0.6) is 0 Å². The predicted molar refractivity (Wildman–Crippen MR) is 61.5 cm³/mol. The van der Waals surface area contributed by atoms with E-state index in [-0.39, 0.29) is 12.2 Å². The first-order valence-electron chi connectivity index (χ1n) is 5.66. The third kappa shape index (κ3) is 1.79. The molecule has 0 bridgehead atoms. The van der Waals surface area contributed by atoms with Crippen LogP contribution in [0.1, 0.15) is 24.6 Å². The Hall–Kier alpha value is -1.84. The number of aliphatic carboxylic acids is 1. The van der Waals surface area contributed by atoms with Crippen LogP contribution in [0.3, 0.4) is 0 Å². The minimum Gasteiger partial charge on any atom is -0.481 e. The average molecular weight is 233 g/mol. The molecule has 0 saturated heterocycles. The smallest absolute Gasteiger partial charge is 0.309 e. The maximum Gasteiger partial charge on any atom is 0.309 e. The second kappa shape index (κ2) is 3.58. The van der Waals surface area contributed by atoms with Crippen LogP contribution >= 0.6 is 0 Å². The molecule has 3 rings (SSSR count). The van der Waals surface area contributed by atoms with Gasteiger partial charge in [-0.1, -0.05) is 0 Å². The van der Waals surface area contributed by atoms with Crippen molar-refractivity contribution in [2.24, 2.45) is 0 Å². The molecular weight excluding hydrogens is 221 g/mol. The number of hydrogen-bond donors (Lipinski definition) is 1. The molecule has 88 valence electrons.